The average Bonchev–Trinajstić information content (AvgIpc) is 2.87. The first-order valence-corrected chi connectivity index (χ1v) is 5.38. The van der Waals surface area contributed by atoms with E-state index in [0.717, 1.165) is 6.42 Å². The fourth-order valence-electron chi connectivity index (χ4n) is 3.27. The maximum atomic E-state index is 12.0. The number of fused-ring (bicyclic) bond motifs is 5. The first-order chi connectivity index (χ1) is 7.24. The van der Waals surface area contributed by atoms with Crippen molar-refractivity contribution in [1.29, 1.82) is 0 Å². The second kappa shape index (κ2) is 2.81. The highest BCUT2D eigenvalue weighted by molar-refractivity contribution is 6.06. The van der Waals surface area contributed by atoms with Crippen LogP contribution in [0.25, 0.3) is 0 Å². The molecule has 0 aromatic carbocycles. The van der Waals surface area contributed by atoms with Gasteiger partial charge in [0.25, 0.3) is 0 Å². The Morgan fingerprint density at radius 2 is 1.80 bits per heavy atom. The van der Waals surface area contributed by atoms with Gasteiger partial charge in [0.1, 0.15) is 0 Å². The Bertz CT molecular complexity index is 355. The lowest BCUT2D eigenvalue weighted by molar-refractivity contribution is -0.140. The number of likely N-dealkylation sites (tertiary alicyclic amines) is 1. The molecule has 4 atom stereocenters. The molecule has 0 radical (unpaired) electrons. The van der Waals surface area contributed by atoms with Crippen LogP contribution in [0, 0.1) is 23.7 Å². The van der Waals surface area contributed by atoms with Crippen molar-refractivity contribution in [1.82, 2.24) is 4.90 Å². The van der Waals surface area contributed by atoms with Crippen LogP contribution in [0.3, 0.4) is 0 Å². The number of allylic oxidation sites excluding steroid dienone is 2. The standard InChI is InChI=1S/C12H13NO2/c1-2-5-13-11(14)9-7-3-4-8(6-7)10(9)12(13)15/h2-4,7-10H,1,5-6H2/t7-,8-,9-,10-/m0/s1. The Morgan fingerprint density at radius 1 is 1.27 bits per heavy atom. The zero-order valence-corrected chi connectivity index (χ0v) is 8.43. The van der Waals surface area contributed by atoms with Gasteiger partial charge < -0.3 is 0 Å². The van der Waals surface area contributed by atoms with Gasteiger partial charge >= 0.3 is 0 Å². The Morgan fingerprint density at radius 3 is 2.27 bits per heavy atom. The van der Waals surface area contributed by atoms with Gasteiger partial charge in [-0.05, 0) is 18.3 Å². The summed E-state index contributed by atoms with van der Waals surface area (Å²) in [4.78, 5) is 25.4. The Hall–Kier alpha value is -1.38. The summed E-state index contributed by atoms with van der Waals surface area (Å²) in [7, 11) is 0. The maximum absolute atomic E-state index is 12.0. The van der Waals surface area contributed by atoms with Gasteiger partial charge in [-0.25, -0.2) is 0 Å². The van der Waals surface area contributed by atoms with Gasteiger partial charge in [-0.3, -0.25) is 14.5 Å². The highest BCUT2D eigenvalue weighted by Gasteiger charge is 2.58. The van der Waals surface area contributed by atoms with Gasteiger partial charge in [0.15, 0.2) is 0 Å². The van der Waals surface area contributed by atoms with Crippen LogP contribution >= 0.6 is 0 Å². The molecule has 1 heterocycles. The normalized spacial score (nSPS) is 41.5. The highest BCUT2D eigenvalue weighted by atomic mass is 16.2. The van der Waals surface area contributed by atoms with E-state index in [0.29, 0.717) is 18.4 Å². The molecule has 0 aromatic rings. The van der Waals surface area contributed by atoms with Gasteiger partial charge in [-0.1, -0.05) is 18.2 Å². The van der Waals surface area contributed by atoms with Gasteiger partial charge in [-0.2, -0.15) is 0 Å². The number of rotatable bonds is 2. The van der Waals surface area contributed by atoms with Gasteiger partial charge in [0.2, 0.25) is 11.8 Å². The van der Waals surface area contributed by atoms with E-state index in [2.05, 4.69) is 18.7 Å². The number of hydrogen-bond donors (Lipinski definition) is 0. The smallest absolute Gasteiger partial charge is 0.234 e. The van der Waals surface area contributed by atoms with Crippen molar-refractivity contribution in [3.05, 3.63) is 24.8 Å². The molecule has 3 nitrogen and oxygen atoms in total. The van der Waals surface area contributed by atoms with Crippen molar-refractivity contribution in [2.45, 2.75) is 6.42 Å². The third kappa shape index (κ3) is 0.954. The molecule has 3 rings (SSSR count). The fraction of sp³-hybridized carbons (Fsp3) is 0.500. The topological polar surface area (TPSA) is 37.4 Å². The highest BCUT2D eigenvalue weighted by Crippen LogP contribution is 2.52. The van der Waals surface area contributed by atoms with Crippen LogP contribution in [0.1, 0.15) is 6.42 Å². The molecule has 15 heavy (non-hydrogen) atoms. The van der Waals surface area contributed by atoms with E-state index in [1.54, 1.807) is 6.08 Å². The SMILES string of the molecule is C=CCN1C(=O)[C@@H]2[C@@H](C1=O)[C@H]1C=C[C@H]2C1. The van der Waals surface area contributed by atoms with Crippen molar-refractivity contribution in [2.75, 3.05) is 6.54 Å². The lowest BCUT2D eigenvalue weighted by Gasteiger charge is -2.14. The summed E-state index contributed by atoms with van der Waals surface area (Å²) < 4.78 is 0. The molecule has 2 amide bonds. The number of nitrogens with zero attached hydrogens (tertiary/aromatic N) is 1. The minimum Gasteiger partial charge on any atom is -0.278 e. The Kier molecular flexibility index (Phi) is 1.67. The molecular formula is C12H13NO2. The number of hydrogen-bond acceptors (Lipinski definition) is 2. The van der Waals surface area contributed by atoms with E-state index in [1.165, 1.54) is 4.90 Å². The molecule has 2 fully saturated rings. The first kappa shape index (κ1) is 8.89. The molecule has 0 spiro atoms. The predicted molar refractivity (Wildman–Crippen MR) is 54.6 cm³/mol. The van der Waals surface area contributed by atoms with E-state index in [4.69, 9.17) is 0 Å². The summed E-state index contributed by atoms with van der Waals surface area (Å²) in [6.07, 6.45) is 6.82. The van der Waals surface area contributed by atoms with Crippen molar-refractivity contribution < 1.29 is 9.59 Å². The second-order valence-electron chi connectivity index (χ2n) is 4.58. The van der Waals surface area contributed by atoms with Crippen LogP contribution in [-0.2, 0) is 9.59 Å². The third-order valence-corrected chi connectivity index (χ3v) is 3.87. The monoisotopic (exact) mass is 203 g/mol. The third-order valence-electron chi connectivity index (χ3n) is 3.87. The molecule has 0 N–H and O–H groups in total. The fourth-order valence-corrected chi connectivity index (χ4v) is 3.27. The van der Waals surface area contributed by atoms with Crippen LogP contribution in [0.4, 0.5) is 0 Å². The van der Waals surface area contributed by atoms with E-state index in [1.807, 2.05) is 0 Å². The molecule has 0 unspecified atom stereocenters. The lowest BCUT2D eigenvalue weighted by Crippen LogP contribution is -2.32. The van der Waals surface area contributed by atoms with Crippen LogP contribution in [0.5, 0.6) is 0 Å². The average molecular weight is 203 g/mol. The van der Waals surface area contributed by atoms with E-state index < -0.39 is 0 Å². The molecule has 3 aliphatic rings. The number of carbonyl (C=O) groups excluding carboxylic acids is 2. The molecule has 3 heteroatoms. The first-order valence-electron chi connectivity index (χ1n) is 5.38. The second-order valence-corrected chi connectivity index (χ2v) is 4.58. The number of amides is 2. The zero-order valence-electron chi connectivity index (χ0n) is 8.43. The van der Waals surface area contributed by atoms with Gasteiger partial charge in [0, 0.05) is 6.54 Å². The van der Waals surface area contributed by atoms with E-state index >= 15 is 0 Å². The van der Waals surface area contributed by atoms with Crippen molar-refractivity contribution in [3.8, 4) is 0 Å². The summed E-state index contributed by atoms with van der Waals surface area (Å²) >= 11 is 0. The maximum Gasteiger partial charge on any atom is 0.234 e. The molecule has 1 saturated carbocycles. The number of carbonyl (C=O) groups is 2. The van der Waals surface area contributed by atoms with Crippen molar-refractivity contribution >= 4 is 11.8 Å². The number of imide groups is 1. The largest absolute Gasteiger partial charge is 0.278 e. The summed E-state index contributed by atoms with van der Waals surface area (Å²) in [6.45, 7) is 3.94. The molecule has 1 aliphatic heterocycles. The minimum absolute atomic E-state index is 0.0155. The molecule has 2 bridgehead atoms. The Balaban J connectivity index is 1.96. The van der Waals surface area contributed by atoms with Crippen molar-refractivity contribution in [3.63, 3.8) is 0 Å². The summed E-state index contributed by atoms with van der Waals surface area (Å²) in [5.41, 5.74) is 0. The van der Waals surface area contributed by atoms with Crippen LogP contribution in [0.15, 0.2) is 24.8 Å². The van der Waals surface area contributed by atoms with Crippen LogP contribution < -0.4 is 0 Å². The van der Waals surface area contributed by atoms with Crippen molar-refractivity contribution in [2.24, 2.45) is 23.7 Å². The molecule has 78 valence electrons. The van der Waals surface area contributed by atoms with E-state index in [-0.39, 0.29) is 23.7 Å². The molecule has 2 aliphatic carbocycles. The molecule has 1 saturated heterocycles. The summed E-state index contributed by atoms with van der Waals surface area (Å²) in [6, 6.07) is 0. The zero-order chi connectivity index (χ0) is 10.6. The van der Waals surface area contributed by atoms with E-state index in [9.17, 15) is 9.59 Å². The predicted octanol–water partition coefficient (Wildman–Crippen LogP) is 0.979. The molecule has 0 aromatic heterocycles. The summed E-state index contributed by atoms with van der Waals surface area (Å²) in [5, 5.41) is 0. The minimum atomic E-state index is -0.0625. The quantitative estimate of drug-likeness (QED) is 0.495. The lowest BCUT2D eigenvalue weighted by atomic mass is 9.85. The van der Waals surface area contributed by atoms with Gasteiger partial charge in [-0.15, -0.1) is 6.58 Å². The van der Waals surface area contributed by atoms with Gasteiger partial charge in [0.05, 0.1) is 11.8 Å². The Labute approximate surface area is 88.4 Å². The summed E-state index contributed by atoms with van der Waals surface area (Å²) in [5.74, 6) is 0.529. The van der Waals surface area contributed by atoms with Crippen LogP contribution in [-0.4, -0.2) is 23.3 Å². The van der Waals surface area contributed by atoms with Crippen LogP contribution in [0.2, 0.25) is 0 Å². The molecular weight excluding hydrogens is 190 g/mol.